The van der Waals surface area contributed by atoms with Crippen molar-refractivity contribution in [2.75, 3.05) is 20.3 Å². The van der Waals surface area contributed by atoms with Crippen molar-refractivity contribution in [1.82, 2.24) is 4.98 Å². The average molecular weight is 196 g/mol. The van der Waals surface area contributed by atoms with Crippen LogP contribution >= 0.6 is 0 Å². The molecule has 0 unspecified atom stereocenters. The lowest BCUT2D eigenvalue weighted by molar-refractivity contribution is 0.146. The first-order chi connectivity index (χ1) is 6.74. The lowest BCUT2D eigenvalue weighted by atomic mass is 10.2. The number of nitrogens with zero attached hydrogens (tertiary/aromatic N) is 1. The smallest absolute Gasteiger partial charge is 0.137 e. The molecule has 0 aromatic carbocycles. The Labute approximate surface area is 84.0 Å². The predicted octanol–water partition coefficient (Wildman–Crippen LogP) is 1.13. The highest BCUT2D eigenvalue weighted by molar-refractivity contribution is 5.21. The largest absolute Gasteiger partial charge is 0.490 e. The molecule has 0 aliphatic heterocycles. The maximum Gasteiger partial charge on any atom is 0.137 e. The van der Waals surface area contributed by atoms with Crippen molar-refractivity contribution in [1.29, 1.82) is 0 Å². The molecule has 0 aliphatic rings. The van der Waals surface area contributed by atoms with Crippen molar-refractivity contribution in [3.63, 3.8) is 0 Å². The molecule has 4 nitrogen and oxygen atoms in total. The Hall–Kier alpha value is -1.13. The molecule has 1 aromatic rings. The Morgan fingerprint density at radius 1 is 1.43 bits per heavy atom. The van der Waals surface area contributed by atoms with E-state index in [1.165, 1.54) is 0 Å². The summed E-state index contributed by atoms with van der Waals surface area (Å²) in [7, 11) is 1.64. The van der Waals surface area contributed by atoms with E-state index in [0.29, 0.717) is 13.2 Å². The average Bonchev–Trinajstić information content (AvgIpc) is 2.19. The second kappa shape index (κ2) is 5.57. The van der Waals surface area contributed by atoms with Gasteiger partial charge in [0, 0.05) is 13.2 Å². The standard InChI is InChI=1S/C10H16N2O2/c1-8(11)10-4-3-9(7-12-10)14-6-5-13-2/h3-4,7-8H,5-6,11H2,1-2H3/t8-/m0/s1. The highest BCUT2D eigenvalue weighted by Crippen LogP contribution is 2.12. The summed E-state index contributed by atoms with van der Waals surface area (Å²) in [5.74, 6) is 0.742. The van der Waals surface area contributed by atoms with Crippen LogP contribution in [-0.2, 0) is 4.74 Å². The van der Waals surface area contributed by atoms with E-state index >= 15 is 0 Å². The van der Waals surface area contributed by atoms with E-state index in [4.69, 9.17) is 15.2 Å². The van der Waals surface area contributed by atoms with Gasteiger partial charge in [0.25, 0.3) is 0 Å². The number of hydrogen-bond acceptors (Lipinski definition) is 4. The van der Waals surface area contributed by atoms with Gasteiger partial charge in [0.1, 0.15) is 12.4 Å². The number of hydrogen-bond donors (Lipinski definition) is 1. The molecule has 0 saturated carbocycles. The third kappa shape index (κ3) is 3.32. The maximum atomic E-state index is 5.66. The van der Waals surface area contributed by atoms with Crippen LogP contribution in [0, 0.1) is 0 Å². The van der Waals surface area contributed by atoms with Crippen molar-refractivity contribution in [3.05, 3.63) is 24.0 Å². The Morgan fingerprint density at radius 3 is 2.71 bits per heavy atom. The van der Waals surface area contributed by atoms with Gasteiger partial charge >= 0.3 is 0 Å². The molecule has 1 atom stereocenters. The lowest BCUT2D eigenvalue weighted by Gasteiger charge is -2.07. The van der Waals surface area contributed by atoms with Gasteiger partial charge in [-0.2, -0.15) is 0 Å². The molecule has 78 valence electrons. The fourth-order valence-electron chi connectivity index (χ4n) is 0.989. The van der Waals surface area contributed by atoms with E-state index in [1.807, 2.05) is 19.1 Å². The normalized spacial score (nSPS) is 12.5. The molecule has 0 fully saturated rings. The quantitative estimate of drug-likeness (QED) is 0.717. The van der Waals surface area contributed by atoms with Crippen LogP contribution in [0.25, 0.3) is 0 Å². The van der Waals surface area contributed by atoms with Crippen LogP contribution in [0.1, 0.15) is 18.7 Å². The molecule has 0 spiro atoms. The molecule has 0 radical (unpaired) electrons. The van der Waals surface area contributed by atoms with Crippen LogP contribution < -0.4 is 10.5 Å². The Morgan fingerprint density at radius 2 is 2.21 bits per heavy atom. The SMILES string of the molecule is COCCOc1ccc([C@H](C)N)nc1. The van der Waals surface area contributed by atoms with Crippen LogP contribution in [0.5, 0.6) is 5.75 Å². The topological polar surface area (TPSA) is 57.4 Å². The highest BCUT2D eigenvalue weighted by Gasteiger charge is 2.00. The molecule has 4 heteroatoms. The number of ether oxygens (including phenoxy) is 2. The molecule has 1 aromatic heterocycles. The van der Waals surface area contributed by atoms with Gasteiger partial charge in [0.15, 0.2) is 0 Å². The summed E-state index contributed by atoms with van der Waals surface area (Å²) in [4.78, 5) is 4.17. The summed E-state index contributed by atoms with van der Waals surface area (Å²) in [5, 5.41) is 0. The molecule has 0 bridgehead atoms. The first-order valence-electron chi connectivity index (χ1n) is 4.57. The summed E-state index contributed by atoms with van der Waals surface area (Å²) in [6.45, 7) is 3.01. The minimum absolute atomic E-state index is 0.0389. The summed E-state index contributed by atoms with van der Waals surface area (Å²) in [6.07, 6.45) is 1.67. The second-order valence-electron chi connectivity index (χ2n) is 3.05. The zero-order chi connectivity index (χ0) is 10.4. The first kappa shape index (κ1) is 10.9. The molecule has 0 amide bonds. The minimum Gasteiger partial charge on any atom is -0.490 e. The van der Waals surface area contributed by atoms with Crippen molar-refractivity contribution in [2.24, 2.45) is 5.73 Å². The van der Waals surface area contributed by atoms with Crippen LogP contribution in [0.4, 0.5) is 0 Å². The van der Waals surface area contributed by atoms with E-state index < -0.39 is 0 Å². The predicted molar refractivity (Wildman–Crippen MR) is 54.2 cm³/mol. The zero-order valence-electron chi connectivity index (χ0n) is 8.56. The molecular formula is C10H16N2O2. The third-order valence-electron chi connectivity index (χ3n) is 1.78. The van der Waals surface area contributed by atoms with E-state index in [1.54, 1.807) is 13.3 Å². The monoisotopic (exact) mass is 196 g/mol. The fraction of sp³-hybridized carbons (Fsp3) is 0.500. The Balaban J connectivity index is 2.47. The number of pyridine rings is 1. The van der Waals surface area contributed by atoms with E-state index in [-0.39, 0.29) is 6.04 Å². The van der Waals surface area contributed by atoms with Crippen LogP contribution in [0.3, 0.4) is 0 Å². The van der Waals surface area contributed by atoms with Gasteiger partial charge in [-0.25, -0.2) is 0 Å². The Kier molecular flexibility index (Phi) is 4.35. The molecule has 2 N–H and O–H groups in total. The fourth-order valence-corrected chi connectivity index (χ4v) is 0.989. The van der Waals surface area contributed by atoms with E-state index in [9.17, 15) is 0 Å². The second-order valence-corrected chi connectivity index (χ2v) is 3.05. The van der Waals surface area contributed by atoms with Crippen molar-refractivity contribution in [3.8, 4) is 5.75 Å². The van der Waals surface area contributed by atoms with Gasteiger partial charge in [0.2, 0.25) is 0 Å². The first-order valence-corrected chi connectivity index (χ1v) is 4.57. The number of aromatic nitrogens is 1. The van der Waals surface area contributed by atoms with Crippen molar-refractivity contribution in [2.45, 2.75) is 13.0 Å². The van der Waals surface area contributed by atoms with Crippen molar-refractivity contribution >= 4 is 0 Å². The van der Waals surface area contributed by atoms with E-state index in [0.717, 1.165) is 11.4 Å². The molecule has 0 aliphatic carbocycles. The number of methoxy groups -OCH3 is 1. The van der Waals surface area contributed by atoms with Gasteiger partial charge in [-0.15, -0.1) is 0 Å². The molecule has 0 saturated heterocycles. The number of nitrogens with two attached hydrogens (primary N) is 1. The summed E-state index contributed by atoms with van der Waals surface area (Å²) in [5.41, 5.74) is 6.53. The zero-order valence-corrected chi connectivity index (χ0v) is 8.56. The van der Waals surface area contributed by atoms with Crippen LogP contribution in [0.2, 0.25) is 0 Å². The number of rotatable bonds is 5. The van der Waals surface area contributed by atoms with Gasteiger partial charge < -0.3 is 15.2 Å². The van der Waals surface area contributed by atoms with Gasteiger partial charge in [-0.3, -0.25) is 4.98 Å². The third-order valence-corrected chi connectivity index (χ3v) is 1.78. The highest BCUT2D eigenvalue weighted by atomic mass is 16.5. The summed E-state index contributed by atoms with van der Waals surface area (Å²) in [6, 6.07) is 3.69. The lowest BCUT2D eigenvalue weighted by Crippen LogP contribution is -2.08. The van der Waals surface area contributed by atoms with Crippen LogP contribution in [0.15, 0.2) is 18.3 Å². The minimum atomic E-state index is -0.0389. The van der Waals surface area contributed by atoms with Gasteiger partial charge in [0.05, 0.1) is 18.5 Å². The molecular weight excluding hydrogens is 180 g/mol. The molecule has 14 heavy (non-hydrogen) atoms. The van der Waals surface area contributed by atoms with E-state index in [2.05, 4.69) is 4.98 Å². The van der Waals surface area contributed by atoms with Gasteiger partial charge in [-0.05, 0) is 19.1 Å². The Bertz CT molecular complexity index is 259. The molecule has 1 rings (SSSR count). The molecule has 1 heterocycles. The van der Waals surface area contributed by atoms with Gasteiger partial charge in [-0.1, -0.05) is 0 Å². The van der Waals surface area contributed by atoms with Crippen molar-refractivity contribution < 1.29 is 9.47 Å². The summed E-state index contributed by atoms with van der Waals surface area (Å²) < 4.78 is 10.2. The summed E-state index contributed by atoms with van der Waals surface area (Å²) >= 11 is 0. The van der Waals surface area contributed by atoms with Crippen LogP contribution in [-0.4, -0.2) is 25.3 Å². The maximum absolute atomic E-state index is 5.66.